The summed E-state index contributed by atoms with van der Waals surface area (Å²) in [6, 6.07) is 3.43. The van der Waals surface area contributed by atoms with Crippen LogP contribution in [0.5, 0.6) is 0 Å². The van der Waals surface area contributed by atoms with Crippen LogP contribution >= 0.6 is 0 Å². The van der Waals surface area contributed by atoms with Gasteiger partial charge >= 0.3 is 0 Å². The molecule has 1 unspecified atom stereocenters. The van der Waals surface area contributed by atoms with Crippen molar-refractivity contribution in [2.24, 2.45) is 0 Å². The number of furan rings is 1. The molecule has 2 aromatic rings. The molecule has 1 atom stereocenters. The molecule has 0 aliphatic carbocycles. The third kappa shape index (κ3) is 2.92. The SMILES string of the molecule is Cc1ccc(C(O)CNC(=O)c2cnccn2)o1. The van der Waals surface area contributed by atoms with Gasteiger partial charge in [0.2, 0.25) is 0 Å². The van der Waals surface area contributed by atoms with Crippen LogP contribution in [0, 0.1) is 6.92 Å². The summed E-state index contributed by atoms with van der Waals surface area (Å²) >= 11 is 0. The first kappa shape index (κ1) is 12.3. The van der Waals surface area contributed by atoms with E-state index in [0.29, 0.717) is 11.5 Å². The van der Waals surface area contributed by atoms with E-state index in [1.165, 1.54) is 18.6 Å². The normalized spacial score (nSPS) is 12.1. The van der Waals surface area contributed by atoms with Crippen LogP contribution in [0.2, 0.25) is 0 Å². The molecule has 2 heterocycles. The fraction of sp³-hybridized carbons (Fsp3) is 0.250. The highest BCUT2D eigenvalue weighted by molar-refractivity contribution is 5.91. The number of aliphatic hydroxyl groups excluding tert-OH is 1. The minimum atomic E-state index is -0.876. The Hall–Kier alpha value is -2.21. The molecule has 0 aromatic carbocycles. The highest BCUT2D eigenvalue weighted by Crippen LogP contribution is 2.15. The van der Waals surface area contributed by atoms with Crippen LogP contribution in [-0.4, -0.2) is 27.5 Å². The van der Waals surface area contributed by atoms with Gasteiger partial charge in [-0.25, -0.2) is 4.98 Å². The molecule has 2 N–H and O–H groups in total. The van der Waals surface area contributed by atoms with Crippen LogP contribution in [0.3, 0.4) is 0 Å². The summed E-state index contributed by atoms with van der Waals surface area (Å²) in [5, 5.41) is 12.3. The van der Waals surface area contributed by atoms with Gasteiger partial charge in [-0.2, -0.15) is 0 Å². The van der Waals surface area contributed by atoms with Crippen molar-refractivity contribution < 1.29 is 14.3 Å². The van der Waals surface area contributed by atoms with Gasteiger partial charge in [0.15, 0.2) is 0 Å². The van der Waals surface area contributed by atoms with Crippen LogP contribution in [0.25, 0.3) is 0 Å². The van der Waals surface area contributed by atoms with Gasteiger partial charge in [-0.05, 0) is 19.1 Å². The lowest BCUT2D eigenvalue weighted by Crippen LogP contribution is -2.28. The molecule has 0 spiro atoms. The lowest BCUT2D eigenvalue weighted by Gasteiger charge is -2.08. The second-order valence-electron chi connectivity index (χ2n) is 3.76. The minimum absolute atomic E-state index is 0.0579. The number of nitrogens with one attached hydrogen (secondary N) is 1. The number of carbonyl (C=O) groups is 1. The Balaban J connectivity index is 1.90. The molecule has 0 aliphatic rings. The van der Waals surface area contributed by atoms with Crippen molar-refractivity contribution in [3.63, 3.8) is 0 Å². The molecule has 0 aliphatic heterocycles. The van der Waals surface area contributed by atoms with E-state index in [9.17, 15) is 9.90 Å². The maximum atomic E-state index is 11.6. The van der Waals surface area contributed by atoms with Crippen LogP contribution in [0.15, 0.2) is 35.1 Å². The number of aromatic nitrogens is 2. The number of carbonyl (C=O) groups excluding carboxylic acids is 1. The Morgan fingerprint density at radius 2 is 2.33 bits per heavy atom. The predicted molar refractivity (Wildman–Crippen MR) is 62.8 cm³/mol. The van der Waals surface area contributed by atoms with Gasteiger partial charge in [-0.15, -0.1) is 0 Å². The predicted octanol–water partition coefficient (Wildman–Crippen LogP) is 0.841. The van der Waals surface area contributed by atoms with Crippen LogP contribution in [-0.2, 0) is 0 Å². The first-order valence-corrected chi connectivity index (χ1v) is 5.45. The summed E-state index contributed by atoms with van der Waals surface area (Å²) in [5.74, 6) is 0.752. The molecule has 18 heavy (non-hydrogen) atoms. The molecule has 0 fully saturated rings. The average molecular weight is 247 g/mol. The van der Waals surface area contributed by atoms with E-state index in [4.69, 9.17) is 4.42 Å². The fourth-order valence-electron chi connectivity index (χ4n) is 1.43. The third-order valence-electron chi connectivity index (χ3n) is 2.34. The van der Waals surface area contributed by atoms with E-state index in [1.807, 2.05) is 0 Å². The van der Waals surface area contributed by atoms with Gasteiger partial charge in [-0.1, -0.05) is 0 Å². The number of nitrogens with zero attached hydrogens (tertiary/aromatic N) is 2. The Morgan fingerprint density at radius 3 is 2.94 bits per heavy atom. The van der Waals surface area contributed by atoms with Gasteiger partial charge in [0.1, 0.15) is 23.3 Å². The van der Waals surface area contributed by atoms with Crippen molar-refractivity contribution >= 4 is 5.91 Å². The van der Waals surface area contributed by atoms with E-state index in [2.05, 4.69) is 15.3 Å². The minimum Gasteiger partial charge on any atom is -0.464 e. The van der Waals surface area contributed by atoms with E-state index >= 15 is 0 Å². The smallest absolute Gasteiger partial charge is 0.271 e. The number of hydrogen-bond acceptors (Lipinski definition) is 5. The largest absolute Gasteiger partial charge is 0.464 e. The quantitative estimate of drug-likeness (QED) is 0.835. The van der Waals surface area contributed by atoms with E-state index in [-0.39, 0.29) is 18.1 Å². The van der Waals surface area contributed by atoms with Crippen LogP contribution in [0.1, 0.15) is 28.1 Å². The molecule has 6 heteroatoms. The van der Waals surface area contributed by atoms with Gasteiger partial charge in [0.25, 0.3) is 5.91 Å². The lowest BCUT2D eigenvalue weighted by atomic mass is 10.2. The Bertz CT molecular complexity index is 524. The summed E-state index contributed by atoms with van der Waals surface area (Å²) < 4.78 is 5.25. The second-order valence-corrected chi connectivity index (χ2v) is 3.76. The van der Waals surface area contributed by atoms with Gasteiger partial charge in [0, 0.05) is 12.4 Å². The summed E-state index contributed by atoms with van der Waals surface area (Å²) in [5.41, 5.74) is 0.209. The van der Waals surface area contributed by atoms with E-state index in [0.717, 1.165) is 0 Å². The van der Waals surface area contributed by atoms with Crippen molar-refractivity contribution in [1.82, 2.24) is 15.3 Å². The van der Waals surface area contributed by atoms with Crippen LogP contribution < -0.4 is 5.32 Å². The maximum Gasteiger partial charge on any atom is 0.271 e. The topological polar surface area (TPSA) is 88.2 Å². The number of aliphatic hydroxyl groups is 1. The third-order valence-corrected chi connectivity index (χ3v) is 2.34. The van der Waals surface area contributed by atoms with Crippen molar-refractivity contribution in [3.05, 3.63) is 47.9 Å². The Labute approximate surface area is 104 Å². The Kier molecular flexibility index (Phi) is 3.69. The highest BCUT2D eigenvalue weighted by Gasteiger charge is 2.14. The summed E-state index contributed by atoms with van der Waals surface area (Å²) in [4.78, 5) is 19.3. The number of rotatable bonds is 4. The standard InChI is InChI=1S/C12H13N3O3/c1-8-2-3-11(18-8)10(16)7-15-12(17)9-6-13-4-5-14-9/h2-6,10,16H,7H2,1H3,(H,15,17). The molecule has 0 radical (unpaired) electrons. The molecule has 1 amide bonds. The molecule has 6 nitrogen and oxygen atoms in total. The first-order chi connectivity index (χ1) is 8.66. The van der Waals surface area contributed by atoms with E-state index in [1.54, 1.807) is 19.1 Å². The van der Waals surface area contributed by atoms with Gasteiger partial charge < -0.3 is 14.8 Å². The number of hydrogen-bond donors (Lipinski definition) is 2. The second kappa shape index (κ2) is 5.42. The molecule has 0 bridgehead atoms. The van der Waals surface area contributed by atoms with Gasteiger partial charge in [0.05, 0.1) is 12.7 Å². The summed E-state index contributed by atoms with van der Waals surface area (Å²) in [7, 11) is 0. The van der Waals surface area contributed by atoms with E-state index < -0.39 is 6.10 Å². The zero-order valence-electron chi connectivity index (χ0n) is 9.83. The zero-order valence-corrected chi connectivity index (χ0v) is 9.83. The first-order valence-electron chi connectivity index (χ1n) is 5.45. The van der Waals surface area contributed by atoms with Crippen molar-refractivity contribution in [2.45, 2.75) is 13.0 Å². The molecular weight excluding hydrogens is 234 g/mol. The monoisotopic (exact) mass is 247 g/mol. The molecule has 0 saturated heterocycles. The summed E-state index contributed by atoms with van der Waals surface area (Å²) in [6.07, 6.45) is 3.40. The molecule has 94 valence electrons. The molecule has 0 saturated carbocycles. The maximum absolute atomic E-state index is 11.6. The van der Waals surface area contributed by atoms with Crippen molar-refractivity contribution in [3.8, 4) is 0 Å². The lowest BCUT2D eigenvalue weighted by molar-refractivity contribution is 0.0895. The van der Waals surface area contributed by atoms with Gasteiger partial charge in [-0.3, -0.25) is 9.78 Å². The molecule has 2 rings (SSSR count). The summed E-state index contributed by atoms with van der Waals surface area (Å²) in [6.45, 7) is 1.84. The van der Waals surface area contributed by atoms with Crippen molar-refractivity contribution in [2.75, 3.05) is 6.54 Å². The van der Waals surface area contributed by atoms with Crippen LogP contribution in [0.4, 0.5) is 0 Å². The molecule has 2 aromatic heterocycles. The highest BCUT2D eigenvalue weighted by atomic mass is 16.4. The zero-order chi connectivity index (χ0) is 13.0. The molecular formula is C12H13N3O3. The number of amides is 1. The average Bonchev–Trinajstić information content (AvgIpc) is 2.83. The van der Waals surface area contributed by atoms with Crippen molar-refractivity contribution in [1.29, 1.82) is 0 Å². The fourth-order valence-corrected chi connectivity index (χ4v) is 1.43. The Morgan fingerprint density at radius 1 is 1.50 bits per heavy atom. The number of aryl methyl sites for hydroxylation is 1.